The molecule has 1 heterocycles. The lowest BCUT2D eigenvalue weighted by molar-refractivity contribution is -0.132. The van der Waals surface area contributed by atoms with Crippen LogP contribution in [0.4, 0.5) is 4.39 Å². The fourth-order valence-electron chi connectivity index (χ4n) is 7.03. The average molecular weight is 451 g/mol. The van der Waals surface area contributed by atoms with Crippen LogP contribution in [0.5, 0.6) is 0 Å². The van der Waals surface area contributed by atoms with Gasteiger partial charge in [-0.15, -0.1) is 0 Å². The Balaban J connectivity index is 1.33. The molecule has 1 aromatic rings. The average Bonchev–Trinajstić information content (AvgIpc) is 3.10. The van der Waals surface area contributed by atoms with Crippen molar-refractivity contribution in [3.63, 3.8) is 0 Å². The highest BCUT2D eigenvalue weighted by Gasteiger charge is 2.58. The molecule has 4 bridgehead atoms. The van der Waals surface area contributed by atoms with Crippen LogP contribution in [0.3, 0.4) is 0 Å². The van der Waals surface area contributed by atoms with Crippen LogP contribution in [0.1, 0.15) is 51.4 Å². The van der Waals surface area contributed by atoms with E-state index in [1.165, 1.54) is 18.2 Å². The second-order valence-corrected chi connectivity index (χ2v) is 11.9. The normalized spacial score (nSPS) is 36.8. The monoisotopic (exact) mass is 450 g/mol. The Morgan fingerprint density at radius 1 is 1.19 bits per heavy atom. The molecule has 5 fully saturated rings. The van der Waals surface area contributed by atoms with Crippen LogP contribution in [0, 0.1) is 17.7 Å². The number of nitrogens with two attached hydrogens (primary N) is 1. The maximum absolute atomic E-state index is 13.6. The van der Waals surface area contributed by atoms with E-state index in [9.17, 15) is 17.6 Å². The summed E-state index contributed by atoms with van der Waals surface area (Å²) in [5, 5.41) is 3.54. The lowest BCUT2D eigenvalue weighted by Gasteiger charge is -2.62. The van der Waals surface area contributed by atoms with Crippen molar-refractivity contribution in [1.29, 1.82) is 0 Å². The van der Waals surface area contributed by atoms with E-state index in [2.05, 4.69) is 10.0 Å². The largest absolute Gasteiger partial charge is 0.326 e. The first-order valence-electron chi connectivity index (χ1n) is 11.3. The molecule has 0 spiro atoms. The quantitative estimate of drug-likeness (QED) is 0.612. The van der Waals surface area contributed by atoms with Crippen molar-refractivity contribution in [2.45, 2.75) is 73.5 Å². The lowest BCUT2D eigenvalue weighted by Crippen LogP contribution is -2.69. The van der Waals surface area contributed by atoms with Gasteiger partial charge in [0.1, 0.15) is 5.82 Å². The third kappa shape index (κ3) is 4.01. The third-order valence-corrected chi connectivity index (χ3v) is 9.33. The topological polar surface area (TPSA) is 105 Å². The van der Waals surface area contributed by atoms with E-state index < -0.39 is 21.4 Å². The molecular formula is C22H31FN4O3S. The molecule has 1 saturated heterocycles. The van der Waals surface area contributed by atoms with Crippen LogP contribution in [-0.4, -0.2) is 49.6 Å². The fraction of sp³-hybridized carbons (Fsp3) is 0.682. The molecule has 7 nitrogen and oxygen atoms in total. The molecule has 9 heteroatoms. The van der Waals surface area contributed by atoms with Crippen LogP contribution >= 0.6 is 0 Å². The molecule has 5 aliphatic rings. The van der Waals surface area contributed by atoms with Gasteiger partial charge in [0.05, 0.1) is 17.6 Å². The predicted molar refractivity (Wildman–Crippen MR) is 114 cm³/mol. The Morgan fingerprint density at radius 2 is 1.90 bits per heavy atom. The molecule has 3 atom stereocenters. The van der Waals surface area contributed by atoms with Gasteiger partial charge in [0.15, 0.2) is 0 Å². The summed E-state index contributed by atoms with van der Waals surface area (Å²) in [4.78, 5) is 14.4. The summed E-state index contributed by atoms with van der Waals surface area (Å²) >= 11 is 0. The number of hydrogen-bond donors (Lipinski definition) is 3. The van der Waals surface area contributed by atoms with Crippen molar-refractivity contribution in [2.75, 3.05) is 13.1 Å². The Kier molecular flexibility index (Phi) is 5.16. The highest BCUT2D eigenvalue weighted by atomic mass is 32.2. The number of hydrogen-bond acceptors (Lipinski definition) is 5. The molecule has 4 N–H and O–H groups in total. The van der Waals surface area contributed by atoms with Gasteiger partial charge in [-0.3, -0.25) is 4.79 Å². The van der Waals surface area contributed by atoms with E-state index >= 15 is 0 Å². The van der Waals surface area contributed by atoms with Crippen LogP contribution in [0.2, 0.25) is 0 Å². The zero-order valence-electron chi connectivity index (χ0n) is 17.6. The number of carbonyl (C=O) groups excluding carboxylic acids is 1. The maximum atomic E-state index is 13.6. The van der Waals surface area contributed by atoms with Crippen LogP contribution in [-0.2, 0) is 14.8 Å². The zero-order valence-corrected chi connectivity index (χ0v) is 18.5. The number of nitrogens with zero attached hydrogens (tertiary/aromatic N) is 1. The van der Waals surface area contributed by atoms with E-state index in [0.717, 1.165) is 51.0 Å². The number of carbonyl (C=O) groups is 1. The highest BCUT2D eigenvalue weighted by Crippen LogP contribution is 2.57. The lowest BCUT2D eigenvalue weighted by atomic mass is 9.50. The Morgan fingerprint density at radius 3 is 2.55 bits per heavy atom. The van der Waals surface area contributed by atoms with E-state index in [1.807, 2.05) is 0 Å². The summed E-state index contributed by atoms with van der Waals surface area (Å²) < 4.78 is 42.8. The third-order valence-electron chi connectivity index (χ3n) is 7.75. The molecule has 1 aliphatic heterocycles. The van der Waals surface area contributed by atoms with Crippen molar-refractivity contribution in [2.24, 2.45) is 17.6 Å². The van der Waals surface area contributed by atoms with Gasteiger partial charge in [-0.25, -0.2) is 17.5 Å². The van der Waals surface area contributed by atoms with Gasteiger partial charge in [-0.05, 0) is 81.4 Å². The fourth-order valence-corrected chi connectivity index (χ4v) is 8.49. The molecular weight excluding hydrogens is 419 g/mol. The first-order valence-corrected chi connectivity index (χ1v) is 12.8. The minimum absolute atomic E-state index is 0.0233. The van der Waals surface area contributed by atoms with Gasteiger partial charge in [0.25, 0.3) is 0 Å². The second kappa shape index (κ2) is 7.50. The van der Waals surface area contributed by atoms with Crippen molar-refractivity contribution in [3.8, 4) is 0 Å². The minimum Gasteiger partial charge on any atom is -0.326 e. The van der Waals surface area contributed by atoms with Gasteiger partial charge in [0.2, 0.25) is 15.9 Å². The smallest absolute Gasteiger partial charge is 0.241 e. The van der Waals surface area contributed by atoms with Crippen molar-refractivity contribution in [3.05, 3.63) is 30.1 Å². The van der Waals surface area contributed by atoms with E-state index in [-0.39, 0.29) is 29.1 Å². The minimum atomic E-state index is -3.83. The number of halogens is 1. The summed E-state index contributed by atoms with van der Waals surface area (Å²) in [6, 6.07) is 5.15. The van der Waals surface area contributed by atoms with Crippen molar-refractivity contribution in [1.82, 2.24) is 14.9 Å². The Labute approximate surface area is 183 Å². The second-order valence-electron chi connectivity index (χ2n) is 10.2. The number of rotatable bonds is 6. The Bertz CT molecular complexity index is 971. The Hall–Kier alpha value is -1.55. The van der Waals surface area contributed by atoms with E-state index in [0.29, 0.717) is 24.8 Å². The molecule has 170 valence electrons. The number of amides is 1. The van der Waals surface area contributed by atoms with E-state index in [1.54, 1.807) is 4.90 Å². The highest BCUT2D eigenvalue weighted by molar-refractivity contribution is 7.89. The summed E-state index contributed by atoms with van der Waals surface area (Å²) in [7, 11) is -3.83. The number of nitrogens with one attached hydrogen (secondary N) is 2. The molecule has 0 radical (unpaired) electrons. The van der Waals surface area contributed by atoms with Crippen LogP contribution in [0.25, 0.3) is 0 Å². The van der Waals surface area contributed by atoms with Gasteiger partial charge in [-0.1, -0.05) is 6.07 Å². The zero-order chi connectivity index (χ0) is 21.9. The van der Waals surface area contributed by atoms with E-state index in [4.69, 9.17) is 5.73 Å². The van der Waals surface area contributed by atoms with Crippen molar-refractivity contribution < 1.29 is 17.6 Å². The molecule has 1 aromatic carbocycles. The predicted octanol–water partition coefficient (Wildman–Crippen LogP) is 1.69. The van der Waals surface area contributed by atoms with Gasteiger partial charge < -0.3 is 16.0 Å². The molecule has 1 amide bonds. The molecule has 0 aromatic heterocycles. The van der Waals surface area contributed by atoms with Gasteiger partial charge in [-0.2, -0.15) is 0 Å². The molecule has 2 unspecified atom stereocenters. The summed E-state index contributed by atoms with van der Waals surface area (Å²) in [5.41, 5.74) is 5.26. The van der Waals surface area contributed by atoms with Gasteiger partial charge >= 0.3 is 0 Å². The standard InChI is InChI=1S/C22H31FN4O3S/c23-17-3-1-4-18(8-17)31(29,30)26-22-11-15-7-16(12-22)10-21(9-15,14-22)25-13-20(28)27-6-2-5-19(27)24/h1,3-4,8,15-16,19,25-26H,2,5-7,9-14,24H2/t15?,16?,19-,21?,22?/m0/s1. The van der Waals surface area contributed by atoms with Crippen LogP contribution in [0.15, 0.2) is 29.2 Å². The number of sulfonamides is 1. The maximum Gasteiger partial charge on any atom is 0.241 e. The first-order chi connectivity index (χ1) is 14.7. The number of benzene rings is 1. The molecule has 4 aliphatic carbocycles. The van der Waals surface area contributed by atoms with Crippen molar-refractivity contribution >= 4 is 15.9 Å². The molecule has 4 saturated carbocycles. The molecule has 6 rings (SSSR count). The van der Waals surface area contributed by atoms with Crippen LogP contribution < -0.4 is 15.8 Å². The van der Waals surface area contributed by atoms with Gasteiger partial charge in [0, 0.05) is 17.6 Å². The summed E-state index contributed by atoms with van der Waals surface area (Å²) in [5.74, 6) is 0.307. The summed E-state index contributed by atoms with van der Waals surface area (Å²) in [6.45, 7) is 0.942. The first kappa shape index (κ1) is 21.3. The summed E-state index contributed by atoms with van der Waals surface area (Å²) in [6.07, 6.45) is 6.87. The SMILES string of the molecule is N[C@@H]1CCCN1C(=O)CNC12CC3CC(C1)CC(NS(=O)(=O)c1cccc(F)c1)(C3)C2. The number of likely N-dealkylation sites (tertiary alicyclic amines) is 1. The molecule has 31 heavy (non-hydrogen) atoms.